The maximum atomic E-state index is 12.7. The van der Waals surface area contributed by atoms with E-state index in [1.807, 2.05) is 0 Å². The van der Waals surface area contributed by atoms with Crippen LogP contribution in [0.5, 0.6) is 17.2 Å². The summed E-state index contributed by atoms with van der Waals surface area (Å²) in [5.41, 5.74) is 1.24. The first-order valence-electron chi connectivity index (χ1n) is 7.97. The van der Waals surface area contributed by atoms with Crippen LogP contribution in [-0.4, -0.2) is 33.3 Å². The second kappa shape index (κ2) is 9.43. The van der Waals surface area contributed by atoms with Gasteiger partial charge in [0.1, 0.15) is 17.2 Å². The summed E-state index contributed by atoms with van der Waals surface area (Å²) < 4.78 is 16.8. The monoisotopic (exact) mass is 425 g/mol. The van der Waals surface area contributed by atoms with Crippen molar-refractivity contribution < 1.29 is 23.8 Å². The summed E-state index contributed by atoms with van der Waals surface area (Å²) in [6.45, 7) is 1.39. The van der Waals surface area contributed by atoms with Crippen LogP contribution in [0.25, 0.3) is 0 Å². The topological polar surface area (TPSA) is 89.1 Å². The molecular weight excluding hydrogens is 406 g/mol. The van der Waals surface area contributed by atoms with Gasteiger partial charge in [-0.05, 0) is 18.2 Å². The van der Waals surface area contributed by atoms with Gasteiger partial charge in [-0.2, -0.15) is 0 Å². The van der Waals surface area contributed by atoms with Crippen LogP contribution in [0.4, 0.5) is 21.9 Å². The molecule has 0 heterocycles. The molecule has 0 saturated carbocycles. The molecule has 3 amide bonds. The van der Waals surface area contributed by atoms with Gasteiger partial charge in [0.25, 0.3) is 0 Å². The van der Waals surface area contributed by atoms with Gasteiger partial charge in [0.05, 0.1) is 37.7 Å². The largest absolute Gasteiger partial charge is 0.495 e. The standard InChI is InChI=1S/C18H20ClN3O5S/c1-10(23)20-11-5-6-14(17(7-11)27-4)22(28)18(24)21-13-8-12(19)15(25-2)9-16(13)26-3/h5-9,28H,1-4H3,(H,20,23)(H,21,24). The zero-order chi connectivity index (χ0) is 20.8. The first-order chi connectivity index (χ1) is 13.3. The molecule has 0 atom stereocenters. The van der Waals surface area contributed by atoms with Crippen LogP contribution in [0.1, 0.15) is 6.92 Å². The van der Waals surface area contributed by atoms with E-state index in [9.17, 15) is 9.59 Å². The highest BCUT2D eigenvalue weighted by Crippen LogP contribution is 2.37. The molecule has 2 aromatic carbocycles. The van der Waals surface area contributed by atoms with Crippen molar-refractivity contribution in [3.8, 4) is 17.2 Å². The number of hydrogen-bond donors (Lipinski definition) is 3. The van der Waals surface area contributed by atoms with Crippen LogP contribution in [-0.2, 0) is 4.79 Å². The molecular formula is C18H20ClN3O5S. The van der Waals surface area contributed by atoms with Gasteiger partial charge in [-0.25, -0.2) is 9.10 Å². The molecule has 0 aliphatic rings. The zero-order valence-corrected chi connectivity index (χ0v) is 17.4. The fourth-order valence-corrected chi connectivity index (χ4v) is 2.82. The van der Waals surface area contributed by atoms with Crippen LogP contribution in [0.3, 0.4) is 0 Å². The highest BCUT2D eigenvalue weighted by Gasteiger charge is 2.20. The lowest BCUT2D eigenvalue weighted by Gasteiger charge is -2.21. The van der Waals surface area contributed by atoms with Crippen LogP contribution in [0.2, 0.25) is 5.02 Å². The number of halogens is 1. The Hall–Kier alpha value is -2.78. The van der Waals surface area contributed by atoms with Crippen molar-refractivity contribution in [2.75, 3.05) is 36.3 Å². The average Bonchev–Trinajstić information content (AvgIpc) is 2.67. The number of carbonyl (C=O) groups is 2. The Bertz CT molecular complexity index is 894. The lowest BCUT2D eigenvalue weighted by Crippen LogP contribution is -2.27. The summed E-state index contributed by atoms with van der Waals surface area (Å²) >= 11 is 10.4. The van der Waals surface area contributed by atoms with E-state index in [1.54, 1.807) is 24.3 Å². The highest BCUT2D eigenvalue weighted by molar-refractivity contribution is 7.82. The van der Waals surface area contributed by atoms with Crippen molar-refractivity contribution in [2.45, 2.75) is 6.92 Å². The number of rotatable bonds is 6. The Labute approximate surface area is 173 Å². The number of benzene rings is 2. The SMILES string of the molecule is COc1cc(OC)c(NC(=O)N(S)c2ccc(NC(C)=O)cc2OC)cc1Cl. The van der Waals surface area contributed by atoms with Gasteiger partial charge in [0.15, 0.2) is 0 Å². The van der Waals surface area contributed by atoms with Crippen molar-refractivity contribution in [1.29, 1.82) is 0 Å². The number of carbonyl (C=O) groups excluding carboxylic acids is 2. The molecule has 0 fully saturated rings. The smallest absolute Gasteiger partial charge is 0.336 e. The van der Waals surface area contributed by atoms with Crippen molar-refractivity contribution >= 4 is 53.4 Å². The predicted molar refractivity (Wildman–Crippen MR) is 112 cm³/mol. The molecule has 2 rings (SSSR count). The molecule has 0 spiro atoms. The fourth-order valence-electron chi connectivity index (χ4n) is 2.37. The Morgan fingerprint density at radius 1 is 0.964 bits per heavy atom. The van der Waals surface area contributed by atoms with Gasteiger partial charge in [-0.15, -0.1) is 0 Å². The van der Waals surface area contributed by atoms with E-state index in [4.69, 9.17) is 25.8 Å². The number of nitrogens with one attached hydrogen (secondary N) is 2. The number of hydrogen-bond acceptors (Lipinski definition) is 6. The Balaban J connectivity index is 2.28. The Kier molecular flexibility index (Phi) is 7.24. The van der Waals surface area contributed by atoms with Gasteiger partial charge in [0.2, 0.25) is 5.91 Å². The lowest BCUT2D eigenvalue weighted by molar-refractivity contribution is -0.114. The van der Waals surface area contributed by atoms with Crippen molar-refractivity contribution in [3.05, 3.63) is 35.4 Å². The summed E-state index contributed by atoms with van der Waals surface area (Å²) in [5, 5.41) is 5.62. The fraction of sp³-hybridized carbons (Fsp3) is 0.222. The number of ether oxygens (including phenoxy) is 3. The second-order valence-electron chi connectivity index (χ2n) is 5.50. The molecule has 0 bridgehead atoms. The highest BCUT2D eigenvalue weighted by atomic mass is 35.5. The zero-order valence-electron chi connectivity index (χ0n) is 15.7. The van der Waals surface area contributed by atoms with Crippen molar-refractivity contribution in [2.24, 2.45) is 0 Å². The van der Waals surface area contributed by atoms with E-state index in [0.717, 1.165) is 4.31 Å². The quantitative estimate of drug-likeness (QED) is 0.603. The van der Waals surface area contributed by atoms with E-state index in [-0.39, 0.29) is 5.91 Å². The number of urea groups is 1. The number of nitrogens with zero attached hydrogens (tertiary/aromatic N) is 1. The van der Waals surface area contributed by atoms with Crippen LogP contribution >= 0.6 is 24.4 Å². The molecule has 8 nitrogen and oxygen atoms in total. The minimum absolute atomic E-state index is 0.223. The predicted octanol–water partition coefficient (Wildman–Crippen LogP) is 4.21. The molecule has 0 radical (unpaired) electrons. The van der Waals surface area contributed by atoms with Crippen molar-refractivity contribution in [1.82, 2.24) is 0 Å². The Morgan fingerprint density at radius 2 is 1.61 bits per heavy atom. The molecule has 10 heteroatoms. The summed E-state index contributed by atoms with van der Waals surface area (Å²) in [6, 6.07) is 7.29. The van der Waals surface area contributed by atoms with E-state index < -0.39 is 6.03 Å². The van der Waals surface area contributed by atoms with Gasteiger partial charge < -0.3 is 24.8 Å². The minimum Gasteiger partial charge on any atom is -0.495 e. The van der Waals surface area contributed by atoms with Gasteiger partial charge >= 0.3 is 6.03 Å². The molecule has 150 valence electrons. The van der Waals surface area contributed by atoms with E-state index >= 15 is 0 Å². The summed E-state index contributed by atoms with van der Waals surface area (Å²) in [7, 11) is 4.38. The third kappa shape index (κ3) is 4.93. The molecule has 0 aromatic heterocycles. The van der Waals surface area contributed by atoms with E-state index in [2.05, 4.69) is 23.4 Å². The number of thiol groups is 1. The first-order valence-corrected chi connectivity index (χ1v) is 8.75. The maximum Gasteiger partial charge on any atom is 0.336 e. The van der Waals surface area contributed by atoms with E-state index in [1.165, 1.54) is 34.3 Å². The van der Waals surface area contributed by atoms with Crippen LogP contribution in [0.15, 0.2) is 30.3 Å². The van der Waals surface area contributed by atoms with Gasteiger partial charge in [-0.1, -0.05) is 24.4 Å². The first kappa shape index (κ1) is 21.5. The number of methoxy groups -OCH3 is 3. The summed E-state index contributed by atoms with van der Waals surface area (Å²) in [4.78, 5) is 23.9. The lowest BCUT2D eigenvalue weighted by atomic mass is 10.2. The third-order valence-electron chi connectivity index (χ3n) is 3.64. The van der Waals surface area contributed by atoms with Crippen molar-refractivity contribution in [3.63, 3.8) is 0 Å². The molecule has 0 unspecified atom stereocenters. The third-order valence-corrected chi connectivity index (χ3v) is 4.33. The molecule has 2 aromatic rings. The van der Waals surface area contributed by atoms with Crippen LogP contribution < -0.4 is 29.1 Å². The molecule has 2 N–H and O–H groups in total. The van der Waals surface area contributed by atoms with Crippen LogP contribution in [0, 0.1) is 0 Å². The van der Waals surface area contributed by atoms with E-state index in [0.29, 0.717) is 39.3 Å². The summed E-state index contributed by atoms with van der Waals surface area (Å²) in [6.07, 6.45) is 0. The normalized spacial score (nSPS) is 10.1. The Morgan fingerprint density at radius 3 is 2.18 bits per heavy atom. The number of amides is 3. The second-order valence-corrected chi connectivity index (χ2v) is 6.30. The molecule has 0 aliphatic heterocycles. The maximum absolute atomic E-state index is 12.7. The minimum atomic E-state index is -0.576. The van der Waals surface area contributed by atoms with Gasteiger partial charge in [0, 0.05) is 24.7 Å². The molecule has 28 heavy (non-hydrogen) atoms. The average molecular weight is 426 g/mol. The van der Waals surface area contributed by atoms with Gasteiger partial charge in [-0.3, -0.25) is 4.79 Å². The summed E-state index contributed by atoms with van der Waals surface area (Å²) in [5.74, 6) is 0.897. The molecule has 0 saturated heterocycles. The number of anilines is 3. The molecule has 0 aliphatic carbocycles.